The van der Waals surface area contributed by atoms with Crippen molar-refractivity contribution in [2.45, 2.75) is 44.6 Å². The van der Waals surface area contributed by atoms with Gasteiger partial charge in [-0.25, -0.2) is 13.1 Å². The fraction of sp³-hybridized carbons (Fsp3) is 0.333. The van der Waals surface area contributed by atoms with E-state index in [1.807, 2.05) is 13.8 Å². The minimum absolute atomic E-state index is 0.0161. The fourth-order valence-corrected chi connectivity index (χ4v) is 4.60. The molecular weight excluding hydrogens is 470 g/mol. The third-order valence-electron chi connectivity index (χ3n) is 5.47. The van der Waals surface area contributed by atoms with Crippen LogP contribution in [-0.4, -0.2) is 47.9 Å². The highest BCUT2D eigenvalue weighted by atomic mass is 32.2. The average molecular weight is 500 g/mol. The summed E-state index contributed by atoms with van der Waals surface area (Å²) in [5.41, 5.74) is 5.09. The lowest BCUT2D eigenvalue weighted by Crippen LogP contribution is -2.47. The second-order valence-corrected chi connectivity index (χ2v) is 10.3. The van der Waals surface area contributed by atoms with Gasteiger partial charge in [-0.15, -0.1) is 0 Å². The Bertz CT molecular complexity index is 1380. The first-order valence-corrected chi connectivity index (χ1v) is 12.7. The second kappa shape index (κ2) is 11.2. The Morgan fingerprint density at radius 2 is 1.66 bits per heavy atom. The number of carbonyl (C=O) groups is 2. The monoisotopic (exact) mass is 499 g/mol. The summed E-state index contributed by atoms with van der Waals surface area (Å²) in [6, 6.07) is 12.9. The quantitative estimate of drug-likeness (QED) is 0.342. The van der Waals surface area contributed by atoms with Gasteiger partial charge in [-0.3, -0.25) is 25.2 Å². The zero-order valence-corrected chi connectivity index (χ0v) is 20.8. The van der Waals surface area contributed by atoms with Crippen LogP contribution in [0.5, 0.6) is 0 Å². The Kier molecular flexibility index (Phi) is 8.36. The molecule has 0 spiro atoms. The molecule has 3 aromatic rings. The first-order valence-electron chi connectivity index (χ1n) is 11.3. The summed E-state index contributed by atoms with van der Waals surface area (Å²) in [6.07, 6.45) is 2.62. The third kappa shape index (κ3) is 6.11. The van der Waals surface area contributed by atoms with Crippen molar-refractivity contribution in [1.82, 2.24) is 24.9 Å². The predicted molar refractivity (Wildman–Crippen MR) is 132 cm³/mol. The summed E-state index contributed by atoms with van der Waals surface area (Å²) >= 11 is 0. The van der Waals surface area contributed by atoms with Gasteiger partial charge in [0.25, 0.3) is 17.4 Å². The summed E-state index contributed by atoms with van der Waals surface area (Å²) in [4.78, 5) is 38.0. The maximum Gasteiger partial charge on any atom is 0.290 e. The van der Waals surface area contributed by atoms with Crippen molar-refractivity contribution in [3.05, 3.63) is 70.1 Å². The number of rotatable bonds is 9. The molecule has 0 bridgehead atoms. The van der Waals surface area contributed by atoms with Crippen molar-refractivity contribution < 1.29 is 18.0 Å². The van der Waals surface area contributed by atoms with Crippen molar-refractivity contribution in [2.24, 2.45) is 0 Å². The summed E-state index contributed by atoms with van der Waals surface area (Å²) in [6.45, 7) is 3.74. The average Bonchev–Trinajstić information content (AvgIpc) is 2.84. The van der Waals surface area contributed by atoms with E-state index in [1.165, 1.54) is 23.9 Å². The first-order chi connectivity index (χ1) is 16.6. The molecule has 0 aliphatic carbocycles. The number of aromatic nitrogens is 2. The standard InChI is InChI=1S/C24H29N5O5S/c1-4-5-8-15-29-24(32)20-10-7-6-9-19(20)22(27-29)23(31)26-25-21(30)16-28(3)35(33,34)18-13-11-17(2)12-14-18/h6-7,9-14H,4-5,8,15-16H2,1-3H3,(H,25,30)(H,26,31). The summed E-state index contributed by atoms with van der Waals surface area (Å²) in [5, 5.41) is 4.93. The minimum Gasteiger partial charge on any atom is -0.272 e. The summed E-state index contributed by atoms with van der Waals surface area (Å²) in [7, 11) is -2.61. The molecule has 35 heavy (non-hydrogen) atoms. The number of nitrogens with zero attached hydrogens (tertiary/aromatic N) is 3. The van der Waals surface area contributed by atoms with Gasteiger partial charge in [-0.1, -0.05) is 55.7 Å². The van der Waals surface area contributed by atoms with E-state index < -0.39 is 28.4 Å². The van der Waals surface area contributed by atoms with Crippen LogP contribution in [0.3, 0.4) is 0 Å². The molecule has 0 aliphatic rings. The van der Waals surface area contributed by atoms with E-state index in [0.717, 1.165) is 29.1 Å². The number of sulfonamides is 1. The van der Waals surface area contributed by atoms with Crippen LogP contribution in [0, 0.1) is 6.92 Å². The Labute approximate surface area is 204 Å². The Hall–Kier alpha value is -3.57. The largest absolute Gasteiger partial charge is 0.290 e. The molecule has 3 rings (SSSR count). The van der Waals surface area contributed by atoms with Gasteiger partial charge in [0.1, 0.15) is 0 Å². The lowest BCUT2D eigenvalue weighted by atomic mass is 10.1. The van der Waals surface area contributed by atoms with Crippen LogP contribution in [0.15, 0.2) is 58.2 Å². The number of hydrazine groups is 1. The molecule has 2 N–H and O–H groups in total. The van der Waals surface area contributed by atoms with Crippen LogP contribution in [0.4, 0.5) is 0 Å². The van der Waals surface area contributed by atoms with Gasteiger partial charge >= 0.3 is 0 Å². The lowest BCUT2D eigenvalue weighted by Gasteiger charge is -2.17. The van der Waals surface area contributed by atoms with Gasteiger partial charge < -0.3 is 0 Å². The van der Waals surface area contributed by atoms with E-state index in [4.69, 9.17) is 0 Å². The number of amides is 2. The van der Waals surface area contributed by atoms with E-state index in [-0.39, 0.29) is 16.1 Å². The van der Waals surface area contributed by atoms with Gasteiger partial charge in [-0.05, 0) is 31.5 Å². The summed E-state index contributed by atoms with van der Waals surface area (Å²) < 4.78 is 27.5. The molecule has 0 saturated carbocycles. The van der Waals surface area contributed by atoms with Crippen LogP contribution in [0.2, 0.25) is 0 Å². The number of benzene rings is 2. The van der Waals surface area contributed by atoms with Gasteiger partial charge in [0, 0.05) is 19.0 Å². The molecule has 186 valence electrons. The highest BCUT2D eigenvalue weighted by molar-refractivity contribution is 7.89. The molecule has 10 nitrogen and oxygen atoms in total. The number of carbonyl (C=O) groups excluding carboxylic acids is 2. The zero-order chi connectivity index (χ0) is 25.6. The van der Waals surface area contributed by atoms with Crippen LogP contribution < -0.4 is 16.4 Å². The SMILES string of the molecule is CCCCCn1nc(C(=O)NNC(=O)CN(C)S(=O)(=O)c2ccc(C)cc2)c2ccccc2c1=O. The van der Waals surface area contributed by atoms with Crippen LogP contribution in [0.1, 0.15) is 42.2 Å². The zero-order valence-electron chi connectivity index (χ0n) is 19.9. The van der Waals surface area contributed by atoms with Crippen LogP contribution in [-0.2, 0) is 21.4 Å². The van der Waals surface area contributed by atoms with Crippen molar-refractivity contribution in [1.29, 1.82) is 0 Å². The Balaban J connectivity index is 1.72. The molecule has 0 atom stereocenters. The first kappa shape index (κ1) is 26.0. The van der Waals surface area contributed by atoms with E-state index in [2.05, 4.69) is 16.0 Å². The number of hydrogen-bond acceptors (Lipinski definition) is 6. The van der Waals surface area contributed by atoms with Gasteiger partial charge in [0.15, 0.2) is 5.69 Å². The number of nitrogens with one attached hydrogen (secondary N) is 2. The predicted octanol–water partition coefficient (Wildman–Crippen LogP) is 1.98. The molecular formula is C24H29N5O5S. The summed E-state index contributed by atoms with van der Waals surface area (Å²) in [5.74, 6) is -1.46. The fourth-order valence-electron chi connectivity index (χ4n) is 3.47. The topological polar surface area (TPSA) is 130 Å². The van der Waals surface area contributed by atoms with Crippen molar-refractivity contribution in [2.75, 3.05) is 13.6 Å². The van der Waals surface area contributed by atoms with Crippen LogP contribution in [0.25, 0.3) is 10.8 Å². The number of likely N-dealkylation sites (N-methyl/N-ethyl adjacent to an activating group) is 1. The third-order valence-corrected chi connectivity index (χ3v) is 7.28. The Morgan fingerprint density at radius 3 is 2.31 bits per heavy atom. The number of unbranched alkanes of at least 4 members (excludes halogenated alkanes) is 2. The normalized spacial score (nSPS) is 11.5. The van der Waals surface area contributed by atoms with Gasteiger partial charge in [-0.2, -0.15) is 9.40 Å². The Morgan fingerprint density at radius 1 is 1.00 bits per heavy atom. The molecule has 11 heteroatoms. The van der Waals surface area contributed by atoms with Crippen molar-refractivity contribution in [3.8, 4) is 0 Å². The van der Waals surface area contributed by atoms with Gasteiger partial charge in [0.05, 0.1) is 16.8 Å². The van der Waals surface area contributed by atoms with Crippen molar-refractivity contribution in [3.63, 3.8) is 0 Å². The van der Waals surface area contributed by atoms with E-state index in [9.17, 15) is 22.8 Å². The van der Waals surface area contributed by atoms with E-state index in [1.54, 1.807) is 36.4 Å². The van der Waals surface area contributed by atoms with E-state index >= 15 is 0 Å². The maximum atomic E-state index is 12.9. The maximum absolute atomic E-state index is 12.9. The van der Waals surface area contributed by atoms with Crippen molar-refractivity contribution >= 4 is 32.6 Å². The molecule has 0 aliphatic heterocycles. The minimum atomic E-state index is -3.88. The molecule has 0 fully saturated rings. The number of fused-ring (bicyclic) bond motifs is 1. The highest BCUT2D eigenvalue weighted by Gasteiger charge is 2.23. The molecule has 0 unspecified atom stereocenters. The highest BCUT2D eigenvalue weighted by Crippen LogP contribution is 2.15. The smallest absolute Gasteiger partial charge is 0.272 e. The lowest BCUT2D eigenvalue weighted by molar-refractivity contribution is -0.121. The molecule has 1 heterocycles. The van der Waals surface area contributed by atoms with Crippen LogP contribution >= 0.6 is 0 Å². The molecule has 1 aromatic heterocycles. The molecule has 2 amide bonds. The molecule has 0 radical (unpaired) electrons. The second-order valence-electron chi connectivity index (χ2n) is 8.21. The number of hydrogen-bond donors (Lipinski definition) is 2. The molecule has 2 aromatic carbocycles. The molecule has 0 saturated heterocycles. The van der Waals surface area contributed by atoms with Gasteiger partial charge in [0.2, 0.25) is 10.0 Å². The number of aryl methyl sites for hydroxylation is 2. The van der Waals surface area contributed by atoms with E-state index in [0.29, 0.717) is 17.3 Å².